The summed E-state index contributed by atoms with van der Waals surface area (Å²) in [5, 5.41) is 9.96. The van der Waals surface area contributed by atoms with E-state index in [4.69, 9.17) is 11.6 Å². The quantitative estimate of drug-likeness (QED) is 0.794. The predicted octanol–water partition coefficient (Wildman–Crippen LogP) is 4.00. The second-order valence-corrected chi connectivity index (χ2v) is 5.37. The summed E-state index contributed by atoms with van der Waals surface area (Å²) < 4.78 is 2.15. The van der Waals surface area contributed by atoms with Gasteiger partial charge in [0.15, 0.2) is 0 Å². The van der Waals surface area contributed by atoms with Crippen LogP contribution in [0.4, 0.5) is 0 Å². The van der Waals surface area contributed by atoms with Crippen LogP contribution in [0.5, 0.6) is 0 Å². The molecule has 0 fully saturated rings. The second kappa shape index (κ2) is 5.85. The van der Waals surface area contributed by atoms with Crippen molar-refractivity contribution in [3.8, 4) is 0 Å². The van der Waals surface area contributed by atoms with E-state index >= 15 is 0 Å². The summed E-state index contributed by atoms with van der Waals surface area (Å²) in [6.45, 7) is 4.26. The molecule has 0 aliphatic carbocycles. The number of rotatable bonds is 4. The molecule has 1 aromatic heterocycles. The molecule has 18 heavy (non-hydrogen) atoms. The number of halogens is 2. The standard InChI is InChI=1S/C13H15BrClN3/c1-9(2)18-12(16-17-13(18)8-14)7-10-5-3-4-6-11(10)15/h3-6,9H,7-8H2,1-2H3. The first-order valence-corrected chi connectivity index (χ1v) is 7.35. The second-order valence-electron chi connectivity index (χ2n) is 4.40. The largest absolute Gasteiger partial charge is 0.311 e. The summed E-state index contributed by atoms with van der Waals surface area (Å²) in [5.74, 6) is 1.90. The van der Waals surface area contributed by atoms with Crippen molar-refractivity contribution in [2.24, 2.45) is 0 Å². The Morgan fingerprint density at radius 1 is 1.22 bits per heavy atom. The summed E-state index contributed by atoms with van der Waals surface area (Å²) in [6.07, 6.45) is 0.706. The Balaban J connectivity index is 2.35. The lowest BCUT2D eigenvalue weighted by Gasteiger charge is -2.13. The van der Waals surface area contributed by atoms with E-state index in [0.717, 1.165) is 22.2 Å². The molecule has 96 valence electrons. The van der Waals surface area contributed by atoms with Gasteiger partial charge in [-0.1, -0.05) is 45.7 Å². The third kappa shape index (κ3) is 2.75. The van der Waals surface area contributed by atoms with Crippen LogP contribution in [0.3, 0.4) is 0 Å². The number of hydrogen-bond donors (Lipinski definition) is 0. The van der Waals surface area contributed by atoms with Crippen molar-refractivity contribution in [3.63, 3.8) is 0 Å². The summed E-state index contributed by atoms with van der Waals surface area (Å²) in [7, 11) is 0. The van der Waals surface area contributed by atoms with Gasteiger partial charge in [-0.2, -0.15) is 0 Å². The van der Waals surface area contributed by atoms with Crippen molar-refractivity contribution < 1.29 is 0 Å². The molecule has 0 bridgehead atoms. The number of alkyl halides is 1. The van der Waals surface area contributed by atoms with Crippen LogP contribution in [0.2, 0.25) is 5.02 Å². The van der Waals surface area contributed by atoms with Gasteiger partial charge in [0.25, 0.3) is 0 Å². The van der Waals surface area contributed by atoms with Gasteiger partial charge in [-0.25, -0.2) is 0 Å². The summed E-state index contributed by atoms with van der Waals surface area (Å²) in [5.41, 5.74) is 1.08. The van der Waals surface area contributed by atoms with Crippen molar-refractivity contribution in [2.75, 3.05) is 0 Å². The van der Waals surface area contributed by atoms with Crippen molar-refractivity contribution >= 4 is 27.5 Å². The van der Waals surface area contributed by atoms with Crippen molar-refractivity contribution in [3.05, 3.63) is 46.5 Å². The van der Waals surface area contributed by atoms with E-state index < -0.39 is 0 Å². The van der Waals surface area contributed by atoms with Crippen LogP contribution >= 0.6 is 27.5 Å². The van der Waals surface area contributed by atoms with Crippen LogP contribution in [0.1, 0.15) is 37.1 Å². The SMILES string of the molecule is CC(C)n1c(CBr)nnc1Cc1ccccc1Cl. The van der Waals surface area contributed by atoms with Crippen LogP contribution in [0, 0.1) is 0 Å². The maximum Gasteiger partial charge on any atom is 0.143 e. The van der Waals surface area contributed by atoms with E-state index in [0.29, 0.717) is 17.8 Å². The van der Waals surface area contributed by atoms with Gasteiger partial charge in [-0.15, -0.1) is 10.2 Å². The molecule has 2 aromatic rings. The van der Waals surface area contributed by atoms with Gasteiger partial charge < -0.3 is 4.57 Å². The Hall–Kier alpha value is -0.870. The number of benzene rings is 1. The highest BCUT2D eigenvalue weighted by molar-refractivity contribution is 9.08. The molecule has 0 atom stereocenters. The molecule has 0 N–H and O–H groups in total. The minimum Gasteiger partial charge on any atom is -0.311 e. The number of aromatic nitrogens is 3. The van der Waals surface area contributed by atoms with Crippen LogP contribution in [0.15, 0.2) is 24.3 Å². The van der Waals surface area contributed by atoms with Gasteiger partial charge in [0.1, 0.15) is 11.6 Å². The van der Waals surface area contributed by atoms with E-state index in [1.54, 1.807) is 0 Å². The highest BCUT2D eigenvalue weighted by atomic mass is 79.9. The third-order valence-electron chi connectivity index (χ3n) is 2.78. The smallest absolute Gasteiger partial charge is 0.143 e. The van der Waals surface area contributed by atoms with Crippen LogP contribution in [-0.2, 0) is 11.8 Å². The molecular formula is C13H15BrClN3. The van der Waals surface area contributed by atoms with Gasteiger partial charge in [0.2, 0.25) is 0 Å². The predicted molar refractivity (Wildman–Crippen MR) is 77.3 cm³/mol. The third-order valence-corrected chi connectivity index (χ3v) is 3.65. The average molecular weight is 329 g/mol. The molecule has 0 aliphatic heterocycles. The molecule has 1 aromatic carbocycles. The molecule has 0 saturated heterocycles. The average Bonchev–Trinajstić information content (AvgIpc) is 2.75. The molecule has 1 heterocycles. The monoisotopic (exact) mass is 327 g/mol. The number of nitrogens with zero attached hydrogens (tertiary/aromatic N) is 3. The first kappa shape index (κ1) is 13.6. The fourth-order valence-corrected chi connectivity index (χ4v) is 2.57. The number of hydrogen-bond acceptors (Lipinski definition) is 2. The summed E-state index contributed by atoms with van der Waals surface area (Å²) >= 11 is 9.62. The van der Waals surface area contributed by atoms with E-state index in [-0.39, 0.29) is 0 Å². The fourth-order valence-electron chi connectivity index (χ4n) is 1.98. The maximum absolute atomic E-state index is 6.18. The first-order chi connectivity index (χ1) is 8.63. The minimum absolute atomic E-state index is 0.338. The Morgan fingerprint density at radius 3 is 2.50 bits per heavy atom. The maximum atomic E-state index is 6.18. The molecule has 0 radical (unpaired) electrons. The Morgan fingerprint density at radius 2 is 1.89 bits per heavy atom. The molecule has 2 rings (SSSR count). The normalized spacial score (nSPS) is 11.2. The molecule has 0 amide bonds. The van der Waals surface area contributed by atoms with Crippen LogP contribution < -0.4 is 0 Å². The molecule has 5 heteroatoms. The highest BCUT2D eigenvalue weighted by Crippen LogP contribution is 2.21. The van der Waals surface area contributed by atoms with Crippen molar-refractivity contribution in [1.29, 1.82) is 0 Å². The minimum atomic E-state index is 0.338. The molecular weight excluding hydrogens is 314 g/mol. The van der Waals surface area contributed by atoms with Crippen LogP contribution in [0.25, 0.3) is 0 Å². The summed E-state index contributed by atoms with van der Waals surface area (Å²) in [4.78, 5) is 0. The molecule has 0 saturated carbocycles. The Labute approximate surface area is 120 Å². The van der Waals surface area contributed by atoms with Gasteiger partial charge in [0.05, 0.1) is 5.33 Å². The molecule has 0 unspecified atom stereocenters. The van der Waals surface area contributed by atoms with Crippen molar-refractivity contribution in [1.82, 2.24) is 14.8 Å². The zero-order valence-electron chi connectivity index (χ0n) is 10.4. The lowest BCUT2D eigenvalue weighted by molar-refractivity contribution is 0.558. The van der Waals surface area contributed by atoms with Crippen molar-refractivity contribution in [2.45, 2.75) is 31.6 Å². The Bertz CT molecular complexity index is 537. The fraction of sp³-hybridized carbons (Fsp3) is 0.385. The van der Waals surface area contributed by atoms with E-state index in [2.05, 4.69) is 44.5 Å². The van der Waals surface area contributed by atoms with E-state index in [9.17, 15) is 0 Å². The van der Waals surface area contributed by atoms with Gasteiger partial charge in [-0.05, 0) is 25.5 Å². The topological polar surface area (TPSA) is 30.7 Å². The molecule has 0 spiro atoms. The highest BCUT2D eigenvalue weighted by Gasteiger charge is 2.14. The van der Waals surface area contributed by atoms with Gasteiger partial charge in [-0.3, -0.25) is 0 Å². The van der Waals surface area contributed by atoms with Crippen LogP contribution in [-0.4, -0.2) is 14.8 Å². The Kier molecular flexibility index (Phi) is 4.40. The van der Waals surface area contributed by atoms with Gasteiger partial charge >= 0.3 is 0 Å². The molecule has 3 nitrogen and oxygen atoms in total. The summed E-state index contributed by atoms with van der Waals surface area (Å²) in [6, 6.07) is 8.18. The first-order valence-electron chi connectivity index (χ1n) is 5.85. The lowest BCUT2D eigenvalue weighted by Crippen LogP contribution is -2.10. The van der Waals surface area contributed by atoms with E-state index in [1.165, 1.54) is 0 Å². The lowest BCUT2D eigenvalue weighted by atomic mass is 10.1. The van der Waals surface area contributed by atoms with E-state index in [1.807, 2.05) is 24.3 Å². The zero-order valence-corrected chi connectivity index (χ0v) is 12.7. The molecule has 0 aliphatic rings. The zero-order chi connectivity index (χ0) is 13.1. The van der Waals surface area contributed by atoms with Gasteiger partial charge in [0, 0.05) is 17.5 Å².